The van der Waals surface area contributed by atoms with Crippen molar-refractivity contribution in [3.8, 4) is 0 Å². The third-order valence-electron chi connectivity index (χ3n) is 1.74. The Morgan fingerprint density at radius 1 is 1.36 bits per heavy atom. The molecule has 0 aliphatic rings. The highest BCUT2D eigenvalue weighted by molar-refractivity contribution is 5.82. The van der Waals surface area contributed by atoms with Gasteiger partial charge in [-0.05, 0) is 13.3 Å². The van der Waals surface area contributed by atoms with Crippen LogP contribution in [0.15, 0.2) is 12.2 Å². The fourth-order valence-electron chi connectivity index (χ4n) is 0.884. The summed E-state index contributed by atoms with van der Waals surface area (Å²) in [5.41, 5.74) is 0. The number of carbonyl (C=O) groups excluding carboxylic acids is 2. The summed E-state index contributed by atoms with van der Waals surface area (Å²) in [6.07, 6.45) is 4.15. The molecule has 80 valence electrons. The lowest BCUT2D eigenvalue weighted by molar-refractivity contribution is -0.137. The molecule has 0 saturated carbocycles. The molecule has 0 heterocycles. The van der Waals surface area contributed by atoms with Gasteiger partial charge < -0.3 is 4.74 Å². The predicted octanol–water partition coefficient (Wildman–Crippen LogP) is 2.11. The summed E-state index contributed by atoms with van der Waals surface area (Å²) in [5, 5.41) is 0. The molecule has 0 rings (SSSR count). The van der Waals surface area contributed by atoms with Crippen molar-refractivity contribution < 1.29 is 14.3 Å². The van der Waals surface area contributed by atoms with Gasteiger partial charge in [0.15, 0.2) is 0 Å². The van der Waals surface area contributed by atoms with E-state index >= 15 is 0 Å². The van der Waals surface area contributed by atoms with E-state index in [9.17, 15) is 9.59 Å². The van der Waals surface area contributed by atoms with Gasteiger partial charge in [-0.1, -0.05) is 19.9 Å². The van der Waals surface area contributed by atoms with Crippen LogP contribution in [0.3, 0.4) is 0 Å². The van der Waals surface area contributed by atoms with Gasteiger partial charge in [0.1, 0.15) is 5.78 Å². The van der Waals surface area contributed by atoms with E-state index in [2.05, 4.69) is 4.74 Å². The molecule has 0 saturated heterocycles. The summed E-state index contributed by atoms with van der Waals surface area (Å²) in [6, 6.07) is 0. The first-order chi connectivity index (χ1) is 6.57. The van der Waals surface area contributed by atoms with Crippen LogP contribution in [0.2, 0.25) is 0 Å². The fraction of sp³-hybridized carbons (Fsp3) is 0.636. The fourth-order valence-corrected chi connectivity index (χ4v) is 0.884. The summed E-state index contributed by atoms with van der Waals surface area (Å²) in [4.78, 5) is 22.0. The van der Waals surface area contributed by atoms with Crippen molar-refractivity contribution in [2.24, 2.45) is 5.92 Å². The summed E-state index contributed by atoms with van der Waals surface area (Å²) in [7, 11) is 0. The Bertz CT molecular complexity index is 217. The number of allylic oxidation sites excluding steroid dienone is 1. The van der Waals surface area contributed by atoms with Crippen molar-refractivity contribution in [2.45, 2.75) is 33.6 Å². The van der Waals surface area contributed by atoms with Gasteiger partial charge in [0, 0.05) is 18.4 Å². The van der Waals surface area contributed by atoms with E-state index in [-0.39, 0.29) is 17.7 Å². The first-order valence-electron chi connectivity index (χ1n) is 4.94. The Morgan fingerprint density at radius 2 is 2.00 bits per heavy atom. The number of esters is 1. The molecule has 0 spiro atoms. The van der Waals surface area contributed by atoms with E-state index in [1.807, 2.05) is 13.8 Å². The van der Waals surface area contributed by atoms with Gasteiger partial charge in [-0.25, -0.2) is 4.79 Å². The Kier molecular flexibility index (Phi) is 6.72. The van der Waals surface area contributed by atoms with Crippen LogP contribution in [0.25, 0.3) is 0 Å². The third kappa shape index (κ3) is 6.40. The molecule has 3 heteroatoms. The molecular weight excluding hydrogens is 180 g/mol. The van der Waals surface area contributed by atoms with E-state index in [4.69, 9.17) is 0 Å². The highest BCUT2D eigenvalue weighted by Gasteiger charge is 2.04. The van der Waals surface area contributed by atoms with E-state index in [0.717, 1.165) is 0 Å². The SMILES string of the molecule is CCOC(=O)/C=C/CCC(=O)C(C)C. The normalized spacial score (nSPS) is 10.9. The molecule has 0 aromatic carbocycles. The lowest BCUT2D eigenvalue weighted by atomic mass is 10.0. The topological polar surface area (TPSA) is 43.4 Å². The second-order valence-corrected chi connectivity index (χ2v) is 3.31. The summed E-state index contributed by atoms with van der Waals surface area (Å²) in [5.74, 6) is -0.0472. The molecule has 0 aromatic rings. The number of Topliss-reactive ketones (excluding diaryl/α,β-unsaturated/α-hetero) is 1. The minimum absolute atomic E-state index is 0.0750. The average Bonchev–Trinajstić information content (AvgIpc) is 2.12. The zero-order valence-corrected chi connectivity index (χ0v) is 9.08. The second kappa shape index (κ2) is 7.30. The number of hydrogen-bond donors (Lipinski definition) is 0. The molecule has 0 aliphatic carbocycles. The van der Waals surface area contributed by atoms with Crippen molar-refractivity contribution in [3.63, 3.8) is 0 Å². The lowest BCUT2D eigenvalue weighted by Gasteiger charge is -2.00. The molecule has 0 radical (unpaired) electrons. The molecule has 14 heavy (non-hydrogen) atoms. The Balaban J connectivity index is 3.63. The van der Waals surface area contributed by atoms with Gasteiger partial charge in [-0.2, -0.15) is 0 Å². The quantitative estimate of drug-likeness (QED) is 0.485. The van der Waals surface area contributed by atoms with Crippen LogP contribution in [0.4, 0.5) is 0 Å². The third-order valence-corrected chi connectivity index (χ3v) is 1.74. The maximum Gasteiger partial charge on any atom is 0.330 e. The molecule has 0 bridgehead atoms. The summed E-state index contributed by atoms with van der Waals surface area (Å²) >= 11 is 0. The minimum atomic E-state index is -0.343. The number of ether oxygens (including phenoxy) is 1. The molecule has 0 aromatic heterocycles. The van der Waals surface area contributed by atoms with Crippen molar-refractivity contribution in [1.29, 1.82) is 0 Å². The van der Waals surface area contributed by atoms with Crippen LogP contribution in [-0.4, -0.2) is 18.4 Å². The summed E-state index contributed by atoms with van der Waals surface area (Å²) in [6.45, 7) is 5.89. The maximum absolute atomic E-state index is 11.2. The first kappa shape index (κ1) is 12.9. The monoisotopic (exact) mass is 198 g/mol. The van der Waals surface area contributed by atoms with Gasteiger partial charge in [0.05, 0.1) is 6.61 Å². The molecule has 0 atom stereocenters. The molecule has 0 aliphatic heterocycles. The number of hydrogen-bond acceptors (Lipinski definition) is 3. The minimum Gasteiger partial charge on any atom is -0.463 e. The van der Waals surface area contributed by atoms with Gasteiger partial charge in [-0.3, -0.25) is 4.79 Å². The molecule has 3 nitrogen and oxygen atoms in total. The Morgan fingerprint density at radius 3 is 2.50 bits per heavy atom. The first-order valence-corrected chi connectivity index (χ1v) is 4.94. The van der Waals surface area contributed by atoms with Crippen molar-refractivity contribution >= 4 is 11.8 Å². The maximum atomic E-state index is 11.2. The van der Waals surface area contributed by atoms with Crippen molar-refractivity contribution in [3.05, 3.63) is 12.2 Å². The molecule has 0 fully saturated rings. The van der Waals surface area contributed by atoms with Crippen molar-refractivity contribution in [1.82, 2.24) is 0 Å². The largest absolute Gasteiger partial charge is 0.463 e. The van der Waals surface area contributed by atoms with Gasteiger partial charge >= 0.3 is 5.97 Å². The highest BCUT2D eigenvalue weighted by Crippen LogP contribution is 2.02. The second-order valence-electron chi connectivity index (χ2n) is 3.31. The van der Waals surface area contributed by atoms with Crippen LogP contribution in [0.1, 0.15) is 33.6 Å². The van der Waals surface area contributed by atoms with Crippen molar-refractivity contribution in [2.75, 3.05) is 6.61 Å². The van der Waals surface area contributed by atoms with Crippen LogP contribution >= 0.6 is 0 Å². The van der Waals surface area contributed by atoms with Gasteiger partial charge in [0.2, 0.25) is 0 Å². The smallest absolute Gasteiger partial charge is 0.330 e. The molecule has 0 N–H and O–H groups in total. The van der Waals surface area contributed by atoms with Gasteiger partial charge in [-0.15, -0.1) is 0 Å². The number of ketones is 1. The van der Waals surface area contributed by atoms with Crippen LogP contribution in [0.5, 0.6) is 0 Å². The van der Waals surface area contributed by atoms with E-state index in [1.165, 1.54) is 6.08 Å². The average molecular weight is 198 g/mol. The molecular formula is C11H18O3. The molecule has 0 amide bonds. The van der Waals surface area contributed by atoms with E-state index in [1.54, 1.807) is 13.0 Å². The van der Waals surface area contributed by atoms with E-state index in [0.29, 0.717) is 19.4 Å². The van der Waals surface area contributed by atoms with Gasteiger partial charge in [0.25, 0.3) is 0 Å². The summed E-state index contributed by atoms with van der Waals surface area (Å²) < 4.78 is 4.69. The highest BCUT2D eigenvalue weighted by atomic mass is 16.5. The standard InChI is InChI=1S/C11H18O3/c1-4-14-11(13)8-6-5-7-10(12)9(2)3/h6,8-9H,4-5,7H2,1-3H3/b8-6+. The van der Waals surface area contributed by atoms with Crippen LogP contribution < -0.4 is 0 Å². The predicted molar refractivity (Wildman–Crippen MR) is 54.9 cm³/mol. The van der Waals surface area contributed by atoms with E-state index < -0.39 is 0 Å². The zero-order chi connectivity index (χ0) is 11.0. The number of rotatable bonds is 6. The van der Waals surface area contributed by atoms with Crippen LogP contribution in [-0.2, 0) is 14.3 Å². The Labute approximate surface area is 85.1 Å². The zero-order valence-electron chi connectivity index (χ0n) is 9.08. The molecule has 0 unspecified atom stereocenters. The Hall–Kier alpha value is -1.12. The lowest BCUT2D eigenvalue weighted by Crippen LogP contribution is -2.05. The van der Waals surface area contributed by atoms with Crippen LogP contribution in [0, 0.1) is 5.92 Å². The number of carbonyl (C=O) groups is 2.